The largest absolute Gasteiger partial charge is 0.354 e. The van der Waals surface area contributed by atoms with Crippen LogP contribution in [-0.4, -0.2) is 21.4 Å². The summed E-state index contributed by atoms with van der Waals surface area (Å²) in [6, 6.07) is 0. The minimum Gasteiger partial charge on any atom is -0.354 e. The standard InChI is InChI=1S/CH5B3F2/c1-2-4(6)3-5/h2-3H,1H3. The molecule has 32 valence electrons. The summed E-state index contributed by atoms with van der Waals surface area (Å²) < 4.78 is 22.5. The van der Waals surface area contributed by atoms with E-state index in [1.807, 2.05) is 0 Å². The van der Waals surface area contributed by atoms with Gasteiger partial charge in [0.25, 0.3) is 0 Å². The minimum absolute atomic E-state index is 0.288. The van der Waals surface area contributed by atoms with Crippen LogP contribution in [-0.2, 0) is 0 Å². The summed E-state index contributed by atoms with van der Waals surface area (Å²) in [5.74, 6) is 0. The Morgan fingerprint density at radius 1 is 1.67 bits per heavy atom. The first kappa shape index (κ1) is 6.05. The van der Waals surface area contributed by atoms with E-state index < -0.39 is 14.2 Å². The van der Waals surface area contributed by atoms with E-state index in [9.17, 15) is 8.63 Å². The van der Waals surface area contributed by atoms with Gasteiger partial charge < -0.3 is 8.63 Å². The van der Waals surface area contributed by atoms with Crippen molar-refractivity contribution in [1.82, 2.24) is 0 Å². The average Bonchev–Trinajstić information content (AvgIpc) is 1.65. The molecule has 5 heteroatoms. The predicted octanol–water partition coefficient (Wildman–Crippen LogP) is -0.254. The summed E-state index contributed by atoms with van der Waals surface area (Å²) in [4.78, 5) is 0. The molecule has 0 aliphatic rings. The monoisotopic (exact) mass is 88.1 g/mol. The van der Waals surface area contributed by atoms with E-state index >= 15 is 0 Å². The van der Waals surface area contributed by atoms with Crippen molar-refractivity contribution in [2.75, 3.05) is 0 Å². The fourth-order valence-electron chi connectivity index (χ4n) is 0.109. The number of hydrogen-bond acceptors (Lipinski definition) is 0. The summed E-state index contributed by atoms with van der Waals surface area (Å²) in [6.07, 6.45) is 0. The molecule has 0 aliphatic heterocycles. The zero-order valence-electron chi connectivity index (χ0n) is 3.75. The Labute approximate surface area is 37.9 Å². The number of hydrogen-bond donors (Lipinski definition) is 0. The zero-order chi connectivity index (χ0) is 4.99. The summed E-state index contributed by atoms with van der Waals surface area (Å²) in [5.41, 5.74) is 0. The van der Waals surface area contributed by atoms with E-state index in [0.717, 1.165) is 0 Å². The molecule has 0 spiro atoms. The Balaban J connectivity index is 2.75. The van der Waals surface area contributed by atoms with Crippen molar-refractivity contribution in [2.24, 2.45) is 0 Å². The molecular formula is CH5B3F2. The van der Waals surface area contributed by atoms with Gasteiger partial charge in [0, 0.05) is 0 Å². The fourth-order valence-corrected chi connectivity index (χ4v) is 0.109. The van der Waals surface area contributed by atoms with Gasteiger partial charge >= 0.3 is 14.2 Å². The van der Waals surface area contributed by atoms with E-state index in [0.29, 0.717) is 0 Å². The first-order chi connectivity index (χ1) is 2.81. The van der Waals surface area contributed by atoms with Gasteiger partial charge in [0.05, 0.1) is 0 Å². The van der Waals surface area contributed by atoms with Crippen LogP contribution in [0, 0.1) is 0 Å². The maximum absolute atomic E-state index is 11.5. The Bertz CT molecular complexity index is 28.0. The van der Waals surface area contributed by atoms with Gasteiger partial charge in [0.2, 0.25) is 0 Å². The second-order valence-corrected chi connectivity index (χ2v) is 1.16. The second-order valence-electron chi connectivity index (χ2n) is 1.16. The maximum atomic E-state index is 11.5. The van der Waals surface area contributed by atoms with Gasteiger partial charge in [-0.1, -0.05) is 6.82 Å². The average molecular weight is 87.5 g/mol. The highest BCUT2D eigenvalue weighted by Crippen LogP contribution is 1.76. The maximum Gasteiger partial charge on any atom is 0.328 e. The Morgan fingerprint density at radius 2 is 2.17 bits per heavy atom. The lowest BCUT2D eigenvalue weighted by molar-refractivity contribution is 0.844. The molecule has 0 bridgehead atoms. The molecule has 0 aromatic carbocycles. The van der Waals surface area contributed by atoms with E-state index in [2.05, 4.69) is 0 Å². The molecule has 0 radical (unpaired) electrons. The third kappa shape index (κ3) is 2.30. The van der Waals surface area contributed by atoms with Gasteiger partial charge in [0.15, 0.2) is 0 Å². The molecule has 0 saturated heterocycles. The smallest absolute Gasteiger partial charge is 0.328 e. The molecule has 0 rings (SSSR count). The molecule has 0 fully saturated rings. The Morgan fingerprint density at radius 3 is 2.17 bits per heavy atom. The van der Waals surface area contributed by atoms with Crippen LogP contribution < -0.4 is 0 Å². The molecule has 0 N–H and O–H groups in total. The summed E-state index contributed by atoms with van der Waals surface area (Å²) in [6.45, 7) is 0.384. The van der Waals surface area contributed by atoms with Gasteiger partial charge in [0.1, 0.15) is 7.17 Å². The second kappa shape index (κ2) is 3.25. The van der Waals surface area contributed by atoms with Crippen molar-refractivity contribution >= 4 is 21.4 Å². The van der Waals surface area contributed by atoms with Gasteiger partial charge in [-0.2, -0.15) is 0 Å². The van der Waals surface area contributed by atoms with Crippen molar-refractivity contribution in [3.05, 3.63) is 0 Å². The van der Waals surface area contributed by atoms with Crippen molar-refractivity contribution in [3.63, 3.8) is 0 Å². The summed E-state index contributed by atoms with van der Waals surface area (Å²) in [7, 11) is -0.549. The van der Waals surface area contributed by atoms with Crippen molar-refractivity contribution < 1.29 is 8.63 Å². The van der Waals surface area contributed by atoms with Gasteiger partial charge in [-0.25, -0.2) is 0 Å². The normalized spacial score (nSPS) is 7.17. The Kier molecular flexibility index (Phi) is 3.28. The fraction of sp³-hybridized carbons (Fsp3) is 1.00. The van der Waals surface area contributed by atoms with E-state index in [4.69, 9.17) is 0 Å². The highest BCUT2D eigenvalue weighted by Gasteiger charge is 2.11. The van der Waals surface area contributed by atoms with Gasteiger partial charge in [-0.3, -0.25) is 0 Å². The van der Waals surface area contributed by atoms with Crippen LogP contribution in [0.2, 0.25) is 6.82 Å². The van der Waals surface area contributed by atoms with Crippen LogP contribution in [0.3, 0.4) is 0 Å². The van der Waals surface area contributed by atoms with Crippen LogP contribution in [0.15, 0.2) is 0 Å². The molecule has 0 aliphatic carbocycles. The van der Waals surface area contributed by atoms with Crippen molar-refractivity contribution in [2.45, 2.75) is 6.82 Å². The molecule has 6 heavy (non-hydrogen) atoms. The van der Waals surface area contributed by atoms with Gasteiger partial charge in [-0.15, -0.1) is 0 Å². The first-order valence-electron chi connectivity index (χ1n) is 2.01. The minimum atomic E-state index is -1.23. The van der Waals surface area contributed by atoms with E-state index in [1.165, 1.54) is 0 Å². The topological polar surface area (TPSA) is 0 Å². The SMILES string of the molecule is CBB(F)BF. The molecule has 0 unspecified atom stereocenters. The third-order valence-corrected chi connectivity index (χ3v) is 0.610. The molecule has 0 heterocycles. The highest BCUT2D eigenvalue weighted by atomic mass is 19.1. The molecule has 0 atom stereocenters. The molecular weight excluding hydrogens is 82.4 g/mol. The third-order valence-electron chi connectivity index (χ3n) is 0.610. The van der Waals surface area contributed by atoms with Crippen LogP contribution >= 0.6 is 0 Å². The predicted molar refractivity (Wildman–Crippen MR) is 28.1 cm³/mol. The highest BCUT2D eigenvalue weighted by molar-refractivity contribution is 7.34. The van der Waals surface area contributed by atoms with Crippen LogP contribution in [0.1, 0.15) is 0 Å². The molecule has 0 aromatic heterocycles. The molecule has 0 nitrogen and oxygen atoms in total. The molecule has 0 aromatic rings. The van der Waals surface area contributed by atoms with Crippen LogP contribution in [0.4, 0.5) is 8.63 Å². The summed E-state index contributed by atoms with van der Waals surface area (Å²) in [5, 5.41) is 0. The van der Waals surface area contributed by atoms with E-state index in [-0.39, 0.29) is 7.17 Å². The zero-order valence-corrected chi connectivity index (χ0v) is 3.75. The molecule has 0 amide bonds. The molecule has 0 saturated carbocycles. The lowest BCUT2D eigenvalue weighted by Gasteiger charge is -1.81. The quantitative estimate of drug-likeness (QED) is 0.408. The Hall–Kier alpha value is 0.0548. The lowest BCUT2D eigenvalue weighted by atomic mass is 9.22. The number of halogens is 2. The number of rotatable bonds is 2. The summed E-state index contributed by atoms with van der Waals surface area (Å²) >= 11 is 0. The lowest BCUT2D eigenvalue weighted by Crippen LogP contribution is -2.19. The van der Waals surface area contributed by atoms with Crippen LogP contribution in [0.5, 0.6) is 0 Å². The van der Waals surface area contributed by atoms with E-state index in [1.54, 1.807) is 6.82 Å². The first-order valence-corrected chi connectivity index (χ1v) is 2.01. The van der Waals surface area contributed by atoms with Crippen molar-refractivity contribution in [1.29, 1.82) is 0 Å². The van der Waals surface area contributed by atoms with Gasteiger partial charge in [-0.05, 0) is 0 Å². The van der Waals surface area contributed by atoms with Crippen LogP contribution in [0.25, 0.3) is 0 Å². The van der Waals surface area contributed by atoms with Crippen molar-refractivity contribution in [3.8, 4) is 0 Å².